The summed E-state index contributed by atoms with van der Waals surface area (Å²) in [7, 11) is 1.89. The summed E-state index contributed by atoms with van der Waals surface area (Å²) in [4.78, 5) is 2.47. The van der Waals surface area contributed by atoms with Crippen molar-refractivity contribution in [1.82, 2.24) is 14.7 Å². The second-order valence-electron chi connectivity index (χ2n) is 7.87. The zero-order chi connectivity index (χ0) is 20.4. The first-order valence-electron chi connectivity index (χ1n) is 10.1. The summed E-state index contributed by atoms with van der Waals surface area (Å²) < 4.78 is 51.2. The number of aryl methyl sites for hydroxylation is 1. The summed E-state index contributed by atoms with van der Waals surface area (Å²) in [6.07, 6.45) is -1.05. The molecule has 8 heteroatoms. The molecule has 1 aliphatic heterocycles. The molecule has 0 amide bonds. The number of hydrogen-bond donors (Lipinski definition) is 0. The van der Waals surface area contributed by atoms with Crippen LogP contribution in [-0.4, -0.2) is 47.5 Å². The highest BCUT2D eigenvalue weighted by molar-refractivity contribution is 5.29. The smallest absolute Gasteiger partial charge is 0.416 e. The van der Waals surface area contributed by atoms with Crippen molar-refractivity contribution in [3.63, 3.8) is 0 Å². The van der Waals surface area contributed by atoms with Gasteiger partial charge in [0.1, 0.15) is 11.9 Å². The van der Waals surface area contributed by atoms with Gasteiger partial charge in [-0.1, -0.05) is 0 Å². The van der Waals surface area contributed by atoms with Crippen LogP contribution in [0.25, 0.3) is 0 Å². The molecule has 1 saturated heterocycles. The number of benzene rings is 1. The molecule has 1 aliphatic carbocycles. The minimum Gasteiger partial charge on any atom is -0.493 e. The van der Waals surface area contributed by atoms with Crippen LogP contribution in [-0.2, 0) is 24.4 Å². The summed E-state index contributed by atoms with van der Waals surface area (Å²) in [5.41, 5.74) is 1.26. The number of hydrogen-bond acceptors (Lipinski definition) is 4. The standard InChI is InChI=1S/C21H26F3N3O2/c1-26-17(8-10-28-18-6-4-16(5-7-18)21(22,23)24)12-19(25-26)20-14-27(9-11-29-20)13-15-2-3-15/h4-7,12,15,20H,2-3,8-11,13-14H2,1H3/t20-/m1/s1. The molecule has 0 spiro atoms. The number of alkyl halides is 3. The van der Waals surface area contributed by atoms with Crippen molar-refractivity contribution >= 4 is 0 Å². The maximum Gasteiger partial charge on any atom is 0.416 e. The number of rotatable bonds is 7. The van der Waals surface area contributed by atoms with Crippen LogP contribution in [0.15, 0.2) is 30.3 Å². The molecule has 4 rings (SSSR count). The number of morpholine rings is 1. The number of nitrogens with zero attached hydrogens (tertiary/aromatic N) is 3. The minimum absolute atomic E-state index is 0.0155. The first-order valence-corrected chi connectivity index (χ1v) is 10.1. The summed E-state index contributed by atoms with van der Waals surface area (Å²) in [6, 6.07) is 6.81. The van der Waals surface area contributed by atoms with E-state index in [1.807, 2.05) is 17.8 Å². The molecular formula is C21H26F3N3O2. The highest BCUT2D eigenvalue weighted by atomic mass is 19.4. The average Bonchev–Trinajstić information content (AvgIpc) is 3.42. The maximum absolute atomic E-state index is 12.6. The lowest BCUT2D eigenvalue weighted by Gasteiger charge is -2.32. The van der Waals surface area contributed by atoms with Crippen molar-refractivity contribution in [2.75, 3.05) is 32.8 Å². The lowest BCUT2D eigenvalue weighted by atomic mass is 10.1. The Bertz CT molecular complexity index is 816. The Morgan fingerprint density at radius 3 is 2.66 bits per heavy atom. The fourth-order valence-electron chi connectivity index (χ4n) is 3.65. The van der Waals surface area contributed by atoms with E-state index in [0.717, 1.165) is 55.7 Å². The Labute approximate surface area is 168 Å². The monoisotopic (exact) mass is 409 g/mol. The first-order chi connectivity index (χ1) is 13.9. The minimum atomic E-state index is -4.33. The van der Waals surface area contributed by atoms with E-state index in [0.29, 0.717) is 18.8 Å². The van der Waals surface area contributed by atoms with Crippen LogP contribution in [0.3, 0.4) is 0 Å². The molecule has 0 bridgehead atoms. The zero-order valence-corrected chi connectivity index (χ0v) is 16.5. The predicted molar refractivity (Wildman–Crippen MR) is 102 cm³/mol. The van der Waals surface area contributed by atoms with Gasteiger partial charge in [-0.2, -0.15) is 18.3 Å². The summed E-state index contributed by atoms with van der Waals surface area (Å²) in [5.74, 6) is 1.28. The molecule has 0 unspecified atom stereocenters. The highest BCUT2D eigenvalue weighted by Gasteiger charge is 2.30. The summed E-state index contributed by atoms with van der Waals surface area (Å²) in [6.45, 7) is 4.09. The van der Waals surface area contributed by atoms with Gasteiger partial charge in [0.15, 0.2) is 0 Å². The van der Waals surface area contributed by atoms with Gasteiger partial charge in [-0.05, 0) is 49.1 Å². The SMILES string of the molecule is Cn1nc([C@H]2CN(CC3CC3)CCO2)cc1CCOc1ccc(C(F)(F)F)cc1. The molecule has 2 aliphatic rings. The Balaban J connectivity index is 1.30. The van der Waals surface area contributed by atoms with Crippen LogP contribution in [0.5, 0.6) is 5.75 Å². The molecule has 1 saturated carbocycles. The van der Waals surface area contributed by atoms with Gasteiger partial charge in [-0.25, -0.2) is 0 Å². The van der Waals surface area contributed by atoms with E-state index in [9.17, 15) is 13.2 Å². The third kappa shape index (κ3) is 5.30. The third-order valence-electron chi connectivity index (χ3n) is 5.50. The van der Waals surface area contributed by atoms with Crippen LogP contribution >= 0.6 is 0 Å². The van der Waals surface area contributed by atoms with Crippen molar-refractivity contribution in [3.8, 4) is 5.75 Å². The van der Waals surface area contributed by atoms with Gasteiger partial charge in [0.05, 0.1) is 24.5 Å². The van der Waals surface area contributed by atoms with Crippen molar-refractivity contribution < 1.29 is 22.6 Å². The second-order valence-corrected chi connectivity index (χ2v) is 7.87. The molecule has 1 aromatic carbocycles. The molecular weight excluding hydrogens is 383 g/mol. The second kappa shape index (κ2) is 8.36. The lowest BCUT2D eigenvalue weighted by molar-refractivity contribution is -0.137. The molecule has 5 nitrogen and oxygen atoms in total. The Morgan fingerprint density at radius 2 is 1.97 bits per heavy atom. The van der Waals surface area contributed by atoms with E-state index in [1.54, 1.807) is 0 Å². The van der Waals surface area contributed by atoms with E-state index in [4.69, 9.17) is 9.47 Å². The number of halogens is 3. The topological polar surface area (TPSA) is 39.5 Å². The maximum atomic E-state index is 12.6. The van der Waals surface area contributed by atoms with Gasteiger partial charge < -0.3 is 9.47 Å². The van der Waals surface area contributed by atoms with Crippen LogP contribution in [0.4, 0.5) is 13.2 Å². The van der Waals surface area contributed by atoms with Crippen molar-refractivity contribution in [2.45, 2.75) is 31.5 Å². The van der Waals surface area contributed by atoms with E-state index >= 15 is 0 Å². The van der Waals surface area contributed by atoms with Crippen LogP contribution in [0.1, 0.15) is 35.9 Å². The number of aromatic nitrogens is 2. The van der Waals surface area contributed by atoms with Gasteiger partial charge in [-0.3, -0.25) is 9.58 Å². The molecule has 2 aromatic rings. The number of ether oxygens (including phenoxy) is 2. The zero-order valence-electron chi connectivity index (χ0n) is 16.5. The molecule has 29 heavy (non-hydrogen) atoms. The normalized spacial score (nSPS) is 20.8. The fraction of sp³-hybridized carbons (Fsp3) is 0.571. The van der Waals surface area contributed by atoms with Gasteiger partial charge in [0, 0.05) is 38.8 Å². The van der Waals surface area contributed by atoms with Crippen LogP contribution in [0.2, 0.25) is 0 Å². The van der Waals surface area contributed by atoms with Gasteiger partial charge in [0.2, 0.25) is 0 Å². The lowest BCUT2D eigenvalue weighted by Crippen LogP contribution is -2.39. The van der Waals surface area contributed by atoms with E-state index in [1.165, 1.54) is 25.0 Å². The van der Waals surface area contributed by atoms with E-state index in [2.05, 4.69) is 10.00 Å². The van der Waals surface area contributed by atoms with Crippen molar-refractivity contribution in [3.05, 3.63) is 47.3 Å². The van der Waals surface area contributed by atoms with Crippen molar-refractivity contribution in [2.24, 2.45) is 13.0 Å². The third-order valence-corrected chi connectivity index (χ3v) is 5.50. The Morgan fingerprint density at radius 1 is 1.21 bits per heavy atom. The van der Waals surface area contributed by atoms with Gasteiger partial charge in [-0.15, -0.1) is 0 Å². The Kier molecular flexibility index (Phi) is 5.83. The predicted octanol–water partition coefficient (Wildman–Crippen LogP) is 3.84. The van der Waals surface area contributed by atoms with Crippen LogP contribution in [0, 0.1) is 5.92 Å². The summed E-state index contributed by atoms with van der Waals surface area (Å²) >= 11 is 0. The quantitative estimate of drug-likeness (QED) is 0.697. The van der Waals surface area contributed by atoms with E-state index < -0.39 is 11.7 Å². The molecule has 0 N–H and O–H groups in total. The molecule has 1 atom stereocenters. The Hall–Kier alpha value is -2.06. The van der Waals surface area contributed by atoms with Crippen LogP contribution < -0.4 is 4.74 Å². The van der Waals surface area contributed by atoms with E-state index in [-0.39, 0.29) is 6.10 Å². The first kappa shape index (κ1) is 20.2. The molecule has 1 aromatic heterocycles. The van der Waals surface area contributed by atoms with Crippen molar-refractivity contribution in [1.29, 1.82) is 0 Å². The van der Waals surface area contributed by atoms with Gasteiger partial charge >= 0.3 is 6.18 Å². The average molecular weight is 409 g/mol. The molecule has 158 valence electrons. The molecule has 2 fully saturated rings. The van der Waals surface area contributed by atoms with Gasteiger partial charge in [0.25, 0.3) is 0 Å². The molecule has 0 radical (unpaired) electrons. The highest BCUT2D eigenvalue weighted by Crippen LogP contribution is 2.32. The fourth-order valence-corrected chi connectivity index (χ4v) is 3.65. The summed E-state index contributed by atoms with van der Waals surface area (Å²) in [5, 5.41) is 4.61. The molecule has 2 heterocycles. The largest absolute Gasteiger partial charge is 0.493 e.